The van der Waals surface area contributed by atoms with Gasteiger partial charge in [-0.2, -0.15) is 0 Å². The lowest BCUT2D eigenvalue weighted by molar-refractivity contribution is 0.217. The fraction of sp³-hybridized carbons (Fsp3) is 0.571. The number of piperidine rings is 1. The Morgan fingerprint density at radius 3 is 3.00 bits per heavy atom. The maximum atomic E-state index is 5.90. The lowest BCUT2D eigenvalue weighted by Crippen LogP contribution is -2.35. The molecule has 0 aromatic heterocycles. The van der Waals surface area contributed by atoms with E-state index in [1.165, 1.54) is 25.9 Å². The zero-order chi connectivity index (χ0) is 12.3. The summed E-state index contributed by atoms with van der Waals surface area (Å²) in [7, 11) is 2.20. The number of nitrogens with one attached hydrogen (secondary N) is 1. The molecular formula is C14H23N3. The molecule has 0 radical (unpaired) electrons. The highest BCUT2D eigenvalue weighted by atomic mass is 15.1. The van der Waals surface area contributed by atoms with Gasteiger partial charge in [-0.3, -0.25) is 0 Å². The summed E-state index contributed by atoms with van der Waals surface area (Å²) < 4.78 is 0. The smallest absolute Gasteiger partial charge is 0.0364 e. The van der Waals surface area contributed by atoms with Crippen molar-refractivity contribution in [1.29, 1.82) is 0 Å². The maximum absolute atomic E-state index is 5.90. The van der Waals surface area contributed by atoms with Crippen LogP contribution in [0.5, 0.6) is 0 Å². The van der Waals surface area contributed by atoms with E-state index in [0.717, 1.165) is 29.4 Å². The Morgan fingerprint density at radius 1 is 1.47 bits per heavy atom. The molecule has 1 unspecified atom stereocenters. The van der Waals surface area contributed by atoms with Crippen LogP contribution in [0.1, 0.15) is 18.4 Å². The Hall–Kier alpha value is -1.22. The molecule has 2 rings (SSSR count). The first kappa shape index (κ1) is 12.2. The molecule has 0 amide bonds. The minimum Gasteiger partial charge on any atom is -0.398 e. The highest BCUT2D eigenvalue weighted by Gasteiger charge is 2.16. The molecule has 17 heavy (non-hydrogen) atoms. The van der Waals surface area contributed by atoms with Crippen molar-refractivity contribution in [2.45, 2.75) is 19.8 Å². The molecule has 1 aromatic rings. The van der Waals surface area contributed by atoms with Crippen LogP contribution >= 0.6 is 0 Å². The van der Waals surface area contributed by atoms with Crippen LogP contribution in [0, 0.1) is 12.8 Å². The SMILES string of the molecule is Cc1ccc(NCC2CCCN(C)C2)cc1N. The molecule has 3 nitrogen and oxygen atoms in total. The summed E-state index contributed by atoms with van der Waals surface area (Å²) in [5.41, 5.74) is 9.06. The van der Waals surface area contributed by atoms with Gasteiger partial charge in [0, 0.05) is 24.5 Å². The number of nitrogens with two attached hydrogens (primary N) is 1. The Kier molecular flexibility index (Phi) is 3.89. The van der Waals surface area contributed by atoms with Crippen LogP contribution in [-0.4, -0.2) is 31.6 Å². The summed E-state index contributed by atoms with van der Waals surface area (Å²) in [4.78, 5) is 2.42. The largest absolute Gasteiger partial charge is 0.398 e. The second-order valence-electron chi connectivity index (χ2n) is 5.22. The molecule has 0 bridgehead atoms. The zero-order valence-electron chi connectivity index (χ0n) is 10.9. The van der Waals surface area contributed by atoms with Gasteiger partial charge < -0.3 is 16.0 Å². The molecule has 1 aliphatic rings. The molecule has 3 heteroatoms. The van der Waals surface area contributed by atoms with Crippen molar-refractivity contribution in [3.8, 4) is 0 Å². The minimum absolute atomic E-state index is 0.760. The Balaban J connectivity index is 1.86. The van der Waals surface area contributed by atoms with E-state index < -0.39 is 0 Å². The summed E-state index contributed by atoms with van der Waals surface area (Å²) >= 11 is 0. The maximum Gasteiger partial charge on any atom is 0.0364 e. The van der Waals surface area contributed by atoms with Crippen molar-refractivity contribution in [1.82, 2.24) is 4.90 Å². The van der Waals surface area contributed by atoms with Gasteiger partial charge in [-0.1, -0.05) is 6.07 Å². The van der Waals surface area contributed by atoms with Crippen LogP contribution < -0.4 is 11.1 Å². The number of hydrogen-bond donors (Lipinski definition) is 2. The topological polar surface area (TPSA) is 41.3 Å². The third-order valence-corrected chi connectivity index (χ3v) is 3.60. The zero-order valence-corrected chi connectivity index (χ0v) is 10.9. The number of nitrogen functional groups attached to an aromatic ring is 1. The first-order chi connectivity index (χ1) is 8.15. The highest BCUT2D eigenvalue weighted by molar-refractivity contribution is 5.58. The van der Waals surface area contributed by atoms with E-state index in [4.69, 9.17) is 5.73 Å². The summed E-state index contributed by atoms with van der Waals surface area (Å²) in [5, 5.41) is 3.50. The molecule has 1 atom stereocenters. The second kappa shape index (κ2) is 5.41. The summed E-state index contributed by atoms with van der Waals surface area (Å²) in [6.45, 7) is 5.53. The fourth-order valence-electron chi connectivity index (χ4n) is 2.45. The monoisotopic (exact) mass is 233 g/mol. The number of nitrogens with zero attached hydrogens (tertiary/aromatic N) is 1. The second-order valence-corrected chi connectivity index (χ2v) is 5.22. The molecule has 1 aromatic carbocycles. The normalized spacial score (nSPS) is 21.4. The highest BCUT2D eigenvalue weighted by Crippen LogP contribution is 2.19. The molecule has 0 saturated carbocycles. The van der Waals surface area contributed by atoms with E-state index in [2.05, 4.69) is 29.4 Å². The number of hydrogen-bond acceptors (Lipinski definition) is 3. The first-order valence-electron chi connectivity index (χ1n) is 6.43. The standard InChI is InChI=1S/C14H23N3/c1-11-5-6-13(8-14(11)15)16-9-12-4-3-7-17(2)10-12/h5-6,8,12,16H,3-4,7,9-10,15H2,1-2H3. The number of likely N-dealkylation sites (tertiary alicyclic amines) is 1. The average molecular weight is 233 g/mol. The lowest BCUT2D eigenvalue weighted by atomic mass is 9.98. The van der Waals surface area contributed by atoms with Crippen molar-refractivity contribution in [3.05, 3.63) is 23.8 Å². The average Bonchev–Trinajstić information content (AvgIpc) is 2.31. The predicted molar refractivity (Wildman–Crippen MR) is 74.3 cm³/mol. The van der Waals surface area contributed by atoms with Crippen LogP contribution in [0.3, 0.4) is 0 Å². The van der Waals surface area contributed by atoms with Gasteiger partial charge in [-0.15, -0.1) is 0 Å². The van der Waals surface area contributed by atoms with Gasteiger partial charge in [-0.25, -0.2) is 0 Å². The van der Waals surface area contributed by atoms with Crippen molar-refractivity contribution in [3.63, 3.8) is 0 Å². The third kappa shape index (κ3) is 3.37. The Bertz CT molecular complexity index is 376. The van der Waals surface area contributed by atoms with Crippen LogP contribution in [-0.2, 0) is 0 Å². The van der Waals surface area contributed by atoms with Crippen LogP contribution in [0.15, 0.2) is 18.2 Å². The number of benzene rings is 1. The van der Waals surface area contributed by atoms with E-state index >= 15 is 0 Å². The Morgan fingerprint density at radius 2 is 2.29 bits per heavy atom. The fourth-order valence-corrected chi connectivity index (χ4v) is 2.45. The molecule has 1 heterocycles. The molecule has 0 spiro atoms. The van der Waals surface area contributed by atoms with Gasteiger partial charge in [0.05, 0.1) is 0 Å². The van der Waals surface area contributed by atoms with Crippen molar-refractivity contribution >= 4 is 11.4 Å². The van der Waals surface area contributed by atoms with Gasteiger partial charge in [0.1, 0.15) is 0 Å². The quantitative estimate of drug-likeness (QED) is 0.787. The summed E-state index contributed by atoms with van der Waals surface area (Å²) in [5.74, 6) is 0.760. The van der Waals surface area contributed by atoms with Gasteiger partial charge in [0.2, 0.25) is 0 Å². The van der Waals surface area contributed by atoms with E-state index in [1.54, 1.807) is 0 Å². The van der Waals surface area contributed by atoms with Crippen LogP contribution in [0.2, 0.25) is 0 Å². The van der Waals surface area contributed by atoms with E-state index in [-0.39, 0.29) is 0 Å². The van der Waals surface area contributed by atoms with Gasteiger partial charge in [0.25, 0.3) is 0 Å². The number of rotatable bonds is 3. The predicted octanol–water partition coefficient (Wildman–Crippen LogP) is 2.33. The van der Waals surface area contributed by atoms with E-state index in [9.17, 15) is 0 Å². The first-order valence-corrected chi connectivity index (χ1v) is 6.43. The van der Waals surface area contributed by atoms with Crippen LogP contribution in [0.4, 0.5) is 11.4 Å². The number of aryl methyl sites for hydroxylation is 1. The van der Waals surface area contributed by atoms with Crippen molar-refractivity contribution in [2.75, 3.05) is 37.7 Å². The molecule has 1 aliphatic heterocycles. The van der Waals surface area contributed by atoms with E-state index in [0.29, 0.717) is 0 Å². The summed E-state index contributed by atoms with van der Waals surface area (Å²) in [6, 6.07) is 6.21. The van der Waals surface area contributed by atoms with Crippen molar-refractivity contribution < 1.29 is 0 Å². The van der Waals surface area contributed by atoms with Gasteiger partial charge in [-0.05, 0) is 57.0 Å². The Labute approximate surface area is 104 Å². The minimum atomic E-state index is 0.760. The third-order valence-electron chi connectivity index (χ3n) is 3.60. The molecule has 1 fully saturated rings. The van der Waals surface area contributed by atoms with Gasteiger partial charge >= 0.3 is 0 Å². The van der Waals surface area contributed by atoms with E-state index in [1.807, 2.05) is 13.0 Å². The molecular weight excluding hydrogens is 210 g/mol. The molecule has 0 aliphatic carbocycles. The van der Waals surface area contributed by atoms with Gasteiger partial charge in [0.15, 0.2) is 0 Å². The molecule has 94 valence electrons. The molecule has 3 N–H and O–H groups in total. The van der Waals surface area contributed by atoms with Crippen molar-refractivity contribution in [2.24, 2.45) is 5.92 Å². The van der Waals surface area contributed by atoms with Crippen LogP contribution in [0.25, 0.3) is 0 Å². The lowest BCUT2D eigenvalue weighted by Gasteiger charge is -2.30. The number of anilines is 2. The molecule has 1 saturated heterocycles. The summed E-state index contributed by atoms with van der Waals surface area (Å²) in [6.07, 6.45) is 2.65.